The third-order valence-electron chi connectivity index (χ3n) is 5.05. The van der Waals surface area contributed by atoms with Gasteiger partial charge in [-0.05, 0) is 39.5 Å². The Labute approximate surface area is 153 Å². The molecule has 0 amide bonds. The Morgan fingerprint density at radius 1 is 0.667 bits per heavy atom. The first-order valence-electron chi connectivity index (χ1n) is 10.8. The summed E-state index contributed by atoms with van der Waals surface area (Å²) in [4.78, 5) is 7.74. The maximum atomic E-state index is 5.20. The molecule has 0 saturated heterocycles. The van der Waals surface area contributed by atoms with E-state index in [0.717, 1.165) is 24.1 Å². The highest BCUT2D eigenvalue weighted by molar-refractivity contribution is 5.73. The van der Waals surface area contributed by atoms with Gasteiger partial charge in [-0.1, -0.05) is 53.4 Å². The normalized spacial score (nSPS) is 12.7. The lowest BCUT2D eigenvalue weighted by atomic mass is 10.1. The molecule has 0 aliphatic heterocycles. The average molecular weight is 341 g/mol. The van der Waals surface area contributed by atoms with E-state index in [1.807, 2.05) is 0 Å². The van der Waals surface area contributed by atoms with Crippen LogP contribution in [0, 0.1) is 0 Å². The van der Waals surface area contributed by atoms with E-state index in [1.165, 1.54) is 77.0 Å². The van der Waals surface area contributed by atoms with Gasteiger partial charge in [-0.15, -0.1) is 0 Å². The fourth-order valence-corrected chi connectivity index (χ4v) is 3.41. The number of nitrogens with zero attached hydrogens (tertiary/aromatic N) is 3. The van der Waals surface area contributed by atoms with E-state index in [1.54, 1.807) is 0 Å². The number of rotatable bonds is 14. The molecule has 0 fully saturated rings. The molecule has 0 rings (SSSR count). The molecule has 0 aromatic rings. The van der Waals surface area contributed by atoms with Gasteiger partial charge >= 0.3 is 0 Å². The highest BCUT2D eigenvalue weighted by atomic mass is 15.5. The Balaban J connectivity index is 5.71. The van der Waals surface area contributed by atoms with Crippen molar-refractivity contribution in [3.8, 4) is 0 Å². The van der Waals surface area contributed by atoms with Crippen molar-refractivity contribution in [1.29, 1.82) is 0 Å². The topological polar surface area (TPSA) is 15.6 Å². The van der Waals surface area contributed by atoms with E-state index in [0.29, 0.717) is 0 Å². The molecule has 0 saturated carbocycles. The van der Waals surface area contributed by atoms with Crippen LogP contribution in [-0.4, -0.2) is 54.6 Å². The molecular formula is C21H46N3+. The third kappa shape index (κ3) is 8.00. The van der Waals surface area contributed by atoms with Gasteiger partial charge in [0.25, 0.3) is 5.96 Å². The van der Waals surface area contributed by atoms with E-state index < -0.39 is 0 Å². The molecule has 144 valence electrons. The number of hydrogen-bond acceptors (Lipinski definition) is 1. The second-order valence-corrected chi connectivity index (χ2v) is 7.08. The number of guanidine groups is 1. The van der Waals surface area contributed by atoms with Gasteiger partial charge in [-0.3, -0.25) is 4.48 Å². The molecule has 0 aliphatic carbocycles. The minimum absolute atomic E-state index is 0.993. The van der Waals surface area contributed by atoms with Crippen LogP contribution in [0.1, 0.15) is 92.9 Å². The minimum Gasteiger partial charge on any atom is -0.312 e. The molecule has 0 radical (unpaired) electrons. The van der Waals surface area contributed by atoms with Crippen LogP contribution in [0.5, 0.6) is 0 Å². The van der Waals surface area contributed by atoms with Gasteiger partial charge in [0.1, 0.15) is 0 Å². The van der Waals surface area contributed by atoms with Crippen LogP contribution in [0.15, 0.2) is 4.99 Å². The van der Waals surface area contributed by atoms with Crippen LogP contribution < -0.4 is 0 Å². The van der Waals surface area contributed by atoms with Crippen molar-refractivity contribution in [3.05, 3.63) is 0 Å². The van der Waals surface area contributed by atoms with Crippen molar-refractivity contribution in [2.75, 3.05) is 39.3 Å². The molecule has 0 aromatic heterocycles. The molecule has 0 aromatic carbocycles. The molecule has 0 bridgehead atoms. The van der Waals surface area contributed by atoms with Crippen LogP contribution in [0.2, 0.25) is 0 Å². The molecule has 24 heavy (non-hydrogen) atoms. The Kier molecular flexibility index (Phi) is 14.4. The average Bonchev–Trinajstić information content (AvgIpc) is 2.61. The molecule has 0 aliphatic rings. The van der Waals surface area contributed by atoms with Gasteiger partial charge in [-0.2, -0.15) is 0 Å². The Bertz CT molecular complexity index is 286. The quantitative estimate of drug-likeness (QED) is 0.171. The number of aliphatic imine (C=N–C) groups is 1. The van der Waals surface area contributed by atoms with Gasteiger partial charge in [0.05, 0.1) is 19.6 Å². The summed E-state index contributed by atoms with van der Waals surface area (Å²) in [5.74, 6) is 1.39. The van der Waals surface area contributed by atoms with Crippen LogP contribution in [0.3, 0.4) is 0 Å². The Morgan fingerprint density at radius 2 is 1.08 bits per heavy atom. The summed E-state index contributed by atoms with van der Waals surface area (Å²) >= 11 is 0. The summed E-state index contributed by atoms with van der Waals surface area (Å²) in [5.41, 5.74) is 0. The summed E-state index contributed by atoms with van der Waals surface area (Å²) in [6.07, 6.45) is 10.2. The van der Waals surface area contributed by atoms with Crippen molar-refractivity contribution in [2.45, 2.75) is 92.9 Å². The van der Waals surface area contributed by atoms with E-state index in [4.69, 9.17) is 4.99 Å². The maximum absolute atomic E-state index is 5.20. The van der Waals surface area contributed by atoms with E-state index in [2.05, 4.69) is 46.4 Å². The third-order valence-corrected chi connectivity index (χ3v) is 5.05. The lowest BCUT2D eigenvalue weighted by Crippen LogP contribution is -2.60. The van der Waals surface area contributed by atoms with Crippen LogP contribution in [0.25, 0.3) is 0 Å². The number of unbranched alkanes of at least 4 members (excludes halogenated alkanes) is 4. The smallest absolute Gasteiger partial charge is 0.300 e. The SMILES string of the molecule is CCCCN=C(N(CC)CC)[N+](CCCC)(CCCC)CCCC. The maximum Gasteiger partial charge on any atom is 0.300 e. The Hall–Kier alpha value is -0.570. The fraction of sp³-hybridized carbons (Fsp3) is 0.952. The lowest BCUT2D eigenvalue weighted by molar-refractivity contribution is -0.848. The van der Waals surface area contributed by atoms with Crippen molar-refractivity contribution < 1.29 is 4.48 Å². The standard InChI is InChI=1S/C21H46N3/c1-7-13-17-22-21(23(11-5)12-6)24(18-14-8-2,19-15-9-3)20-16-10-4/h7-20H2,1-6H3/q+1. The molecular weight excluding hydrogens is 294 g/mol. The zero-order valence-corrected chi connectivity index (χ0v) is 17.7. The highest BCUT2D eigenvalue weighted by Crippen LogP contribution is 2.19. The summed E-state index contributed by atoms with van der Waals surface area (Å²) in [6.45, 7) is 20.7. The largest absolute Gasteiger partial charge is 0.312 e. The molecule has 0 unspecified atom stereocenters. The second kappa shape index (κ2) is 14.7. The van der Waals surface area contributed by atoms with Gasteiger partial charge < -0.3 is 4.90 Å². The van der Waals surface area contributed by atoms with E-state index >= 15 is 0 Å². The second-order valence-electron chi connectivity index (χ2n) is 7.08. The summed E-state index contributed by atoms with van der Waals surface area (Å²) in [5, 5.41) is 0. The molecule has 3 nitrogen and oxygen atoms in total. The zero-order valence-electron chi connectivity index (χ0n) is 17.7. The van der Waals surface area contributed by atoms with E-state index in [-0.39, 0.29) is 0 Å². The summed E-state index contributed by atoms with van der Waals surface area (Å²) in [6, 6.07) is 0. The Morgan fingerprint density at radius 3 is 1.42 bits per heavy atom. The minimum atomic E-state index is 0.993. The van der Waals surface area contributed by atoms with Gasteiger partial charge in [-0.25, -0.2) is 4.99 Å². The number of hydrogen-bond donors (Lipinski definition) is 0. The zero-order chi connectivity index (χ0) is 18.3. The first-order valence-corrected chi connectivity index (χ1v) is 10.8. The van der Waals surface area contributed by atoms with Crippen LogP contribution in [-0.2, 0) is 0 Å². The van der Waals surface area contributed by atoms with Gasteiger partial charge in [0.2, 0.25) is 0 Å². The highest BCUT2D eigenvalue weighted by Gasteiger charge is 2.35. The van der Waals surface area contributed by atoms with Crippen molar-refractivity contribution in [2.24, 2.45) is 4.99 Å². The van der Waals surface area contributed by atoms with E-state index in [9.17, 15) is 0 Å². The molecule has 0 atom stereocenters. The van der Waals surface area contributed by atoms with Gasteiger partial charge in [0.15, 0.2) is 0 Å². The predicted molar refractivity (Wildman–Crippen MR) is 110 cm³/mol. The first kappa shape index (κ1) is 23.4. The van der Waals surface area contributed by atoms with Gasteiger partial charge in [0, 0.05) is 19.6 Å². The first-order chi connectivity index (χ1) is 11.7. The molecule has 0 N–H and O–H groups in total. The molecule has 3 heteroatoms. The monoisotopic (exact) mass is 340 g/mol. The predicted octanol–water partition coefficient (Wildman–Crippen LogP) is 5.70. The van der Waals surface area contributed by atoms with Crippen LogP contribution in [0.4, 0.5) is 0 Å². The fourth-order valence-electron chi connectivity index (χ4n) is 3.41. The van der Waals surface area contributed by atoms with Crippen molar-refractivity contribution in [1.82, 2.24) is 4.90 Å². The molecule has 0 heterocycles. The van der Waals surface area contributed by atoms with Crippen LogP contribution >= 0.6 is 0 Å². The number of quaternary nitrogens is 1. The summed E-state index contributed by atoms with van der Waals surface area (Å²) in [7, 11) is 0. The van der Waals surface area contributed by atoms with Crippen molar-refractivity contribution >= 4 is 5.96 Å². The lowest BCUT2D eigenvalue weighted by Gasteiger charge is -2.42. The summed E-state index contributed by atoms with van der Waals surface area (Å²) < 4.78 is 1.13. The molecule has 0 spiro atoms. The van der Waals surface area contributed by atoms with Crippen molar-refractivity contribution in [3.63, 3.8) is 0 Å².